The first-order valence-electron chi connectivity index (χ1n) is 3.10. The van der Waals surface area contributed by atoms with E-state index in [1.54, 1.807) is 23.5 Å². The highest BCUT2D eigenvalue weighted by Crippen LogP contribution is 2.27. The van der Waals surface area contributed by atoms with Gasteiger partial charge in [0.05, 0.1) is 9.23 Å². The predicted molar refractivity (Wildman–Crippen MR) is 58.7 cm³/mol. The minimum absolute atomic E-state index is 0.933. The molecule has 0 aromatic heterocycles. The van der Waals surface area contributed by atoms with E-state index in [2.05, 4.69) is 10.3 Å². The molecule has 0 radical (unpaired) electrons. The van der Waals surface area contributed by atoms with Crippen LogP contribution in [0.3, 0.4) is 0 Å². The summed E-state index contributed by atoms with van der Waals surface area (Å²) < 4.78 is 0.933. The second-order valence-electron chi connectivity index (χ2n) is 2.02. The van der Waals surface area contributed by atoms with Crippen LogP contribution in [0, 0.1) is 0 Å². The van der Waals surface area contributed by atoms with Crippen LogP contribution < -0.4 is 0 Å². The first-order valence-corrected chi connectivity index (χ1v) is 5.61. The quantitative estimate of drug-likeness (QED) is 0.476. The van der Waals surface area contributed by atoms with Gasteiger partial charge in [-0.25, -0.2) is 0 Å². The van der Waals surface area contributed by atoms with Gasteiger partial charge >= 0.3 is 0 Å². The average molecular weight is 203 g/mol. The zero-order valence-electron chi connectivity index (χ0n) is 6.40. The second-order valence-corrected chi connectivity index (χ2v) is 4.49. The fourth-order valence-electron chi connectivity index (χ4n) is 0.644. The largest absolute Gasteiger partial charge is 0.345 e. The van der Waals surface area contributed by atoms with E-state index in [0.29, 0.717) is 0 Å². The van der Waals surface area contributed by atoms with Gasteiger partial charge in [-0.15, -0.1) is 11.8 Å². The monoisotopic (exact) mass is 203 g/mol. The van der Waals surface area contributed by atoms with Gasteiger partial charge in [-0.05, 0) is 17.7 Å². The molecular formula is C7H9NS3. The summed E-state index contributed by atoms with van der Waals surface area (Å²) in [5, 5.41) is 3.25. The zero-order valence-corrected chi connectivity index (χ0v) is 8.85. The van der Waals surface area contributed by atoms with Crippen molar-refractivity contribution >= 4 is 39.9 Å². The maximum atomic E-state index is 5.06. The van der Waals surface area contributed by atoms with Gasteiger partial charge in [0.25, 0.3) is 0 Å². The highest BCUT2D eigenvalue weighted by Gasteiger charge is 2.07. The van der Waals surface area contributed by atoms with Crippen molar-refractivity contribution in [2.75, 3.05) is 13.3 Å². The summed E-state index contributed by atoms with van der Waals surface area (Å²) in [5.74, 6) is 0. The lowest BCUT2D eigenvalue weighted by Crippen LogP contribution is -2.03. The Labute approximate surface area is 80.9 Å². The van der Waals surface area contributed by atoms with Gasteiger partial charge in [-0.2, -0.15) is 0 Å². The molecule has 0 atom stereocenters. The molecule has 11 heavy (non-hydrogen) atoms. The van der Waals surface area contributed by atoms with Gasteiger partial charge in [-0.3, -0.25) is 0 Å². The zero-order chi connectivity index (χ0) is 8.27. The maximum absolute atomic E-state index is 5.06. The Morgan fingerprint density at radius 2 is 2.55 bits per heavy atom. The molecular weight excluding hydrogens is 194 g/mol. The summed E-state index contributed by atoms with van der Waals surface area (Å²) in [6.45, 7) is 0. The molecule has 1 aliphatic rings. The molecule has 0 unspecified atom stereocenters. The molecule has 0 aromatic carbocycles. The van der Waals surface area contributed by atoms with Gasteiger partial charge in [0.1, 0.15) is 0 Å². The normalized spacial score (nSPS) is 19.8. The lowest BCUT2D eigenvalue weighted by atomic mass is 10.6. The molecule has 1 rings (SSSR count). The van der Waals surface area contributed by atoms with Crippen molar-refractivity contribution in [2.24, 2.45) is 0 Å². The van der Waals surface area contributed by atoms with Crippen LogP contribution in [0.1, 0.15) is 0 Å². The maximum Gasteiger partial charge on any atom is 0.0807 e. The van der Waals surface area contributed by atoms with Crippen LogP contribution in [0.15, 0.2) is 22.7 Å². The van der Waals surface area contributed by atoms with Gasteiger partial charge in [0.2, 0.25) is 0 Å². The number of rotatable bonds is 1. The van der Waals surface area contributed by atoms with Crippen molar-refractivity contribution in [3.63, 3.8) is 0 Å². The predicted octanol–water partition coefficient (Wildman–Crippen LogP) is 2.67. The third-order valence-corrected chi connectivity index (χ3v) is 3.31. The molecule has 1 heterocycles. The fraction of sp³-hybridized carbons (Fsp3) is 0.286. The van der Waals surface area contributed by atoms with Crippen molar-refractivity contribution in [2.45, 2.75) is 0 Å². The molecule has 1 nitrogen and oxygen atoms in total. The molecule has 60 valence electrons. The smallest absolute Gasteiger partial charge is 0.0807 e. The van der Waals surface area contributed by atoms with E-state index >= 15 is 0 Å². The van der Waals surface area contributed by atoms with Crippen LogP contribution >= 0.6 is 35.7 Å². The van der Waals surface area contributed by atoms with E-state index in [0.717, 1.165) is 4.20 Å². The number of hydrogen-bond acceptors (Lipinski definition) is 4. The fourth-order valence-corrected chi connectivity index (χ4v) is 1.93. The van der Waals surface area contributed by atoms with Crippen LogP contribution in [-0.4, -0.2) is 22.4 Å². The lowest BCUT2D eigenvalue weighted by Gasteiger charge is -2.08. The molecule has 0 aromatic rings. The summed E-state index contributed by atoms with van der Waals surface area (Å²) in [6, 6.07) is 0. The highest BCUT2D eigenvalue weighted by molar-refractivity contribution is 8.23. The van der Waals surface area contributed by atoms with E-state index in [4.69, 9.17) is 12.2 Å². The number of nitrogens with zero attached hydrogens (tertiary/aromatic N) is 1. The minimum atomic E-state index is 0.933. The standard InChI is InChI=1S/C7H9NS3/c1-8-3-4-11-6(8)5-7(9)10-2/h3-5H,1-2H3/b6-5-. The molecule has 0 saturated carbocycles. The van der Waals surface area contributed by atoms with Crippen molar-refractivity contribution in [1.29, 1.82) is 0 Å². The number of thiocarbonyl (C=S) groups is 1. The van der Waals surface area contributed by atoms with Gasteiger partial charge in [0, 0.05) is 13.2 Å². The van der Waals surface area contributed by atoms with Crippen LogP contribution in [0.5, 0.6) is 0 Å². The molecule has 1 aliphatic heterocycles. The van der Waals surface area contributed by atoms with E-state index in [1.807, 2.05) is 25.6 Å². The molecule has 0 bridgehead atoms. The number of hydrogen-bond donors (Lipinski definition) is 0. The Kier molecular flexibility index (Phi) is 3.48. The summed E-state index contributed by atoms with van der Waals surface area (Å²) >= 11 is 8.36. The first kappa shape index (κ1) is 9.16. The Hall–Kier alpha value is 0.0700. The minimum Gasteiger partial charge on any atom is -0.345 e. The second kappa shape index (κ2) is 4.18. The first-order chi connectivity index (χ1) is 5.24. The molecule has 0 N–H and O–H groups in total. The van der Waals surface area contributed by atoms with Crippen LogP contribution in [-0.2, 0) is 0 Å². The average Bonchev–Trinajstić information content (AvgIpc) is 2.37. The molecule has 0 amide bonds. The van der Waals surface area contributed by atoms with E-state index in [-0.39, 0.29) is 0 Å². The molecule has 0 saturated heterocycles. The van der Waals surface area contributed by atoms with Crippen molar-refractivity contribution in [3.05, 3.63) is 22.7 Å². The van der Waals surface area contributed by atoms with Crippen molar-refractivity contribution < 1.29 is 0 Å². The van der Waals surface area contributed by atoms with Gasteiger partial charge < -0.3 is 4.90 Å². The Bertz CT molecular complexity index is 220. The van der Waals surface area contributed by atoms with E-state index in [9.17, 15) is 0 Å². The third kappa shape index (κ3) is 2.54. The van der Waals surface area contributed by atoms with Crippen LogP contribution in [0.4, 0.5) is 0 Å². The highest BCUT2D eigenvalue weighted by atomic mass is 32.2. The van der Waals surface area contributed by atoms with Crippen molar-refractivity contribution in [3.8, 4) is 0 Å². The third-order valence-electron chi connectivity index (χ3n) is 1.26. The molecule has 0 fully saturated rings. The Balaban J connectivity index is 2.61. The van der Waals surface area contributed by atoms with Crippen LogP contribution in [0.25, 0.3) is 0 Å². The summed E-state index contributed by atoms with van der Waals surface area (Å²) in [4.78, 5) is 2.06. The summed E-state index contributed by atoms with van der Waals surface area (Å²) in [5.41, 5.74) is 0. The van der Waals surface area contributed by atoms with E-state index < -0.39 is 0 Å². The lowest BCUT2D eigenvalue weighted by molar-refractivity contribution is 0.621. The number of thioether (sulfide) groups is 2. The van der Waals surface area contributed by atoms with Crippen molar-refractivity contribution in [1.82, 2.24) is 4.90 Å². The molecule has 4 heteroatoms. The Morgan fingerprint density at radius 3 is 3.00 bits per heavy atom. The summed E-state index contributed by atoms with van der Waals surface area (Å²) in [6.07, 6.45) is 6.04. The van der Waals surface area contributed by atoms with Gasteiger partial charge in [0.15, 0.2) is 0 Å². The topological polar surface area (TPSA) is 3.24 Å². The molecule has 0 spiro atoms. The summed E-state index contributed by atoms with van der Waals surface area (Å²) in [7, 11) is 2.02. The Morgan fingerprint density at radius 1 is 1.82 bits per heavy atom. The SMILES string of the molecule is CSC(=S)/C=C1\SC=CN1C. The van der Waals surface area contributed by atoms with E-state index in [1.165, 1.54) is 5.03 Å². The molecule has 0 aliphatic carbocycles. The van der Waals surface area contributed by atoms with Gasteiger partial charge in [-0.1, -0.05) is 24.0 Å². The van der Waals surface area contributed by atoms with Crippen LogP contribution in [0.2, 0.25) is 0 Å².